The van der Waals surface area contributed by atoms with E-state index in [2.05, 4.69) is 10.2 Å². The van der Waals surface area contributed by atoms with Gasteiger partial charge in [0, 0.05) is 19.6 Å². The standard InChI is InChI=1S/C26H30F3N2O4P/c1-2-3-6-19-22-20(15-21(24(19)36-33)35-14-11-31-9-12-34-13-10-31)17-7-4-5-8-18(17)23(22)25(32)30-16-26(27,28)29/h4-5,7-8,15,23H,2-3,6,9-14,16H2,1H3,(H,30,32). The zero-order valence-corrected chi connectivity index (χ0v) is 21.1. The Morgan fingerprint density at radius 1 is 1.22 bits per heavy atom. The van der Waals surface area contributed by atoms with Crippen molar-refractivity contribution in [2.75, 3.05) is 46.0 Å². The van der Waals surface area contributed by atoms with Crippen LogP contribution in [0.5, 0.6) is 5.75 Å². The molecule has 2 aromatic rings. The van der Waals surface area contributed by atoms with Crippen molar-refractivity contribution in [2.24, 2.45) is 0 Å². The molecule has 10 heteroatoms. The van der Waals surface area contributed by atoms with Crippen LogP contribution in [0.15, 0.2) is 30.3 Å². The molecule has 1 unspecified atom stereocenters. The van der Waals surface area contributed by atoms with Crippen LogP contribution in [0.1, 0.15) is 42.4 Å². The van der Waals surface area contributed by atoms with Crippen LogP contribution in [-0.4, -0.2) is 63.0 Å². The number of hydrogen-bond acceptors (Lipinski definition) is 5. The van der Waals surface area contributed by atoms with Crippen LogP contribution < -0.4 is 15.4 Å². The number of alkyl halides is 3. The lowest BCUT2D eigenvalue weighted by Gasteiger charge is -2.26. The first-order valence-electron chi connectivity index (χ1n) is 12.2. The Bertz CT molecular complexity index is 1100. The van der Waals surface area contributed by atoms with Gasteiger partial charge < -0.3 is 14.8 Å². The molecule has 1 fully saturated rings. The number of carbonyl (C=O) groups excluding carboxylic acids is 1. The summed E-state index contributed by atoms with van der Waals surface area (Å²) in [7, 11) is -0.252. The number of nitrogens with zero attached hydrogens (tertiary/aromatic N) is 1. The molecule has 4 rings (SSSR count). The van der Waals surface area contributed by atoms with Gasteiger partial charge in [0.1, 0.15) is 18.9 Å². The van der Waals surface area contributed by atoms with Crippen LogP contribution in [0.2, 0.25) is 0 Å². The van der Waals surface area contributed by atoms with Crippen molar-refractivity contribution in [1.82, 2.24) is 10.2 Å². The topological polar surface area (TPSA) is 67.9 Å². The normalized spacial score (nSPS) is 17.6. The second kappa shape index (κ2) is 11.7. The van der Waals surface area contributed by atoms with Gasteiger partial charge in [-0.3, -0.25) is 14.3 Å². The highest BCUT2D eigenvalue weighted by atomic mass is 31.1. The summed E-state index contributed by atoms with van der Waals surface area (Å²) in [5.74, 6) is -1.14. The van der Waals surface area contributed by atoms with Gasteiger partial charge in [-0.15, -0.1) is 0 Å². The molecule has 1 N–H and O–H groups in total. The van der Waals surface area contributed by atoms with E-state index in [1.54, 1.807) is 18.2 Å². The molecule has 1 atom stereocenters. The van der Waals surface area contributed by atoms with Crippen LogP contribution in [0.3, 0.4) is 0 Å². The van der Waals surface area contributed by atoms with Crippen LogP contribution in [-0.2, 0) is 20.5 Å². The second-order valence-corrected chi connectivity index (χ2v) is 9.64. The Hall–Kier alpha value is -2.48. The van der Waals surface area contributed by atoms with E-state index in [-0.39, 0.29) is 8.46 Å². The first kappa shape index (κ1) is 26.6. The minimum atomic E-state index is -4.52. The number of morpholine rings is 1. The van der Waals surface area contributed by atoms with Gasteiger partial charge in [-0.2, -0.15) is 13.2 Å². The summed E-state index contributed by atoms with van der Waals surface area (Å²) in [5, 5.41) is 2.52. The predicted octanol–water partition coefficient (Wildman–Crippen LogP) is 4.45. The Labute approximate surface area is 210 Å². The maximum atomic E-state index is 13.1. The van der Waals surface area contributed by atoms with Crippen molar-refractivity contribution in [3.8, 4) is 16.9 Å². The monoisotopic (exact) mass is 522 g/mol. The van der Waals surface area contributed by atoms with E-state index in [4.69, 9.17) is 9.47 Å². The molecular formula is C26H30F3N2O4P. The molecule has 1 heterocycles. The molecule has 1 aliphatic heterocycles. The fourth-order valence-electron chi connectivity index (χ4n) is 4.91. The lowest BCUT2D eigenvalue weighted by Crippen LogP contribution is -2.38. The average Bonchev–Trinajstić information content (AvgIpc) is 3.20. The molecular weight excluding hydrogens is 492 g/mol. The Morgan fingerprint density at radius 2 is 1.97 bits per heavy atom. The largest absolute Gasteiger partial charge is 0.491 e. The zero-order chi connectivity index (χ0) is 25.7. The molecule has 0 saturated carbocycles. The van der Waals surface area contributed by atoms with E-state index in [1.807, 2.05) is 19.1 Å². The number of unbranched alkanes of at least 4 members (excludes halogenated alkanes) is 1. The maximum absolute atomic E-state index is 13.1. The van der Waals surface area contributed by atoms with Crippen LogP contribution in [0.25, 0.3) is 11.1 Å². The SMILES string of the molecule is CCCCc1c(P=O)c(OCCN2CCOCC2)cc2c1C(C(=O)NCC(F)(F)F)c1ccccc1-2. The molecule has 2 aliphatic rings. The highest BCUT2D eigenvalue weighted by molar-refractivity contribution is 7.34. The molecule has 0 spiro atoms. The summed E-state index contributed by atoms with van der Waals surface area (Å²) < 4.78 is 62.6. The number of halogens is 3. The Kier molecular flexibility index (Phi) is 8.65. The highest BCUT2D eigenvalue weighted by Gasteiger charge is 2.39. The van der Waals surface area contributed by atoms with Crippen molar-refractivity contribution >= 4 is 19.7 Å². The number of hydrogen-bond donors (Lipinski definition) is 1. The lowest BCUT2D eigenvalue weighted by molar-refractivity contribution is -0.138. The molecule has 36 heavy (non-hydrogen) atoms. The van der Waals surface area contributed by atoms with Crippen LogP contribution >= 0.6 is 8.46 Å². The third kappa shape index (κ3) is 5.90. The molecule has 0 bridgehead atoms. The van der Waals surface area contributed by atoms with Gasteiger partial charge in [-0.25, -0.2) is 0 Å². The molecule has 0 aromatic heterocycles. The summed E-state index contributed by atoms with van der Waals surface area (Å²) >= 11 is 0. The van der Waals surface area contributed by atoms with Crippen molar-refractivity contribution in [3.63, 3.8) is 0 Å². The molecule has 1 saturated heterocycles. The number of benzene rings is 2. The van der Waals surface area contributed by atoms with Gasteiger partial charge in [0.25, 0.3) is 0 Å². The van der Waals surface area contributed by atoms with Crippen molar-refractivity contribution in [1.29, 1.82) is 0 Å². The van der Waals surface area contributed by atoms with E-state index in [1.165, 1.54) is 0 Å². The van der Waals surface area contributed by atoms with Gasteiger partial charge in [-0.1, -0.05) is 37.6 Å². The minimum Gasteiger partial charge on any atom is -0.491 e. The van der Waals surface area contributed by atoms with Crippen molar-refractivity contribution in [2.45, 2.75) is 38.3 Å². The van der Waals surface area contributed by atoms with Gasteiger partial charge in [0.2, 0.25) is 5.91 Å². The third-order valence-corrected chi connectivity index (χ3v) is 7.30. The van der Waals surface area contributed by atoms with Gasteiger partial charge in [-0.05, 0) is 46.7 Å². The van der Waals surface area contributed by atoms with Crippen LogP contribution in [0, 0.1) is 0 Å². The average molecular weight is 523 g/mol. The van der Waals surface area contributed by atoms with Crippen molar-refractivity contribution in [3.05, 3.63) is 47.0 Å². The summed E-state index contributed by atoms with van der Waals surface area (Å²) in [6.45, 7) is 4.72. The maximum Gasteiger partial charge on any atom is 0.405 e. The molecule has 194 valence electrons. The van der Waals surface area contributed by atoms with E-state index < -0.39 is 24.5 Å². The second-order valence-electron chi connectivity index (χ2n) is 9.01. The molecule has 2 aromatic carbocycles. The number of nitrogens with one attached hydrogen (secondary N) is 1. The van der Waals surface area contributed by atoms with E-state index in [9.17, 15) is 22.5 Å². The number of fused-ring (bicyclic) bond motifs is 3. The Balaban J connectivity index is 1.72. The van der Waals surface area contributed by atoms with Gasteiger partial charge in [0.05, 0.1) is 24.4 Å². The fourth-order valence-corrected chi connectivity index (χ4v) is 5.47. The lowest BCUT2D eigenvalue weighted by atomic mass is 9.89. The highest BCUT2D eigenvalue weighted by Crippen LogP contribution is 2.48. The number of ether oxygens (including phenoxy) is 2. The summed E-state index contributed by atoms with van der Waals surface area (Å²) in [5.41, 5.74) is 3.52. The number of amides is 1. The van der Waals surface area contributed by atoms with E-state index in [0.29, 0.717) is 55.0 Å². The first-order chi connectivity index (χ1) is 17.3. The molecule has 6 nitrogen and oxygen atoms in total. The molecule has 1 amide bonds. The van der Waals surface area contributed by atoms with Gasteiger partial charge >= 0.3 is 6.18 Å². The number of carbonyl (C=O) groups is 1. The predicted molar refractivity (Wildman–Crippen MR) is 131 cm³/mol. The van der Waals surface area contributed by atoms with Gasteiger partial charge in [0.15, 0.2) is 8.46 Å². The first-order valence-corrected chi connectivity index (χ1v) is 13.0. The number of rotatable bonds is 10. The van der Waals surface area contributed by atoms with E-state index >= 15 is 0 Å². The Morgan fingerprint density at radius 3 is 2.67 bits per heavy atom. The van der Waals surface area contributed by atoms with Crippen molar-refractivity contribution < 1.29 is 32.0 Å². The molecule has 1 aliphatic carbocycles. The quantitative estimate of drug-likeness (QED) is 0.467. The summed E-state index contributed by atoms with van der Waals surface area (Å²) in [4.78, 5) is 15.4. The van der Waals surface area contributed by atoms with Crippen LogP contribution in [0.4, 0.5) is 13.2 Å². The summed E-state index contributed by atoms with van der Waals surface area (Å²) in [6.07, 6.45) is -2.33. The zero-order valence-electron chi connectivity index (χ0n) is 20.2. The smallest absolute Gasteiger partial charge is 0.405 e. The van der Waals surface area contributed by atoms with E-state index in [0.717, 1.165) is 42.6 Å². The summed E-state index contributed by atoms with van der Waals surface area (Å²) in [6, 6.07) is 9.03. The molecule has 0 radical (unpaired) electrons. The minimum absolute atomic E-state index is 0.252. The third-order valence-electron chi connectivity index (χ3n) is 6.63. The fraction of sp³-hybridized carbons (Fsp3) is 0.500.